The maximum Gasteiger partial charge on any atom is 0.240 e. The lowest BCUT2D eigenvalue weighted by Crippen LogP contribution is -2.26. The molecule has 1 heterocycles. The molecule has 1 aromatic heterocycles. The van der Waals surface area contributed by atoms with Crippen molar-refractivity contribution in [1.82, 2.24) is 14.5 Å². The van der Waals surface area contributed by atoms with Gasteiger partial charge in [0.15, 0.2) is 0 Å². The van der Waals surface area contributed by atoms with E-state index in [0.29, 0.717) is 23.8 Å². The highest BCUT2D eigenvalue weighted by Crippen LogP contribution is 2.15. The average Bonchev–Trinajstić information content (AvgIpc) is 2.73. The number of sulfonamides is 1. The Balaban J connectivity index is 2.00. The highest BCUT2D eigenvalue weighted by Gasteiger charge is 2.15. The van der Waals surface area contributed by atoms with Crippen LogP contribution in [0.4, 0.5) is 0 Å². The van der Waals surface area contributed by atoms with E-state index < -0.39 is 10.0 Å². The number of benzene rings is 1. The number of nitrogens with zero attached hydrogens (tertiary/aromatic N) is 2. The standard InChI is InChI=1S/C18H27N3O2S/c1-13(2)12-16-6-8-17(9-7-16)24(22,23)19-11-10-18-14(3)20-21(5)15(18)4/h6-9,13,19H,10-12H2,1-5H3. The van der Waals surface area contributed by atoms with Crippen LogP contribution < -0.4 is 4.72 Å². The predicted molar refractivity (Wildman–Crippen MR) is 96.6 cm³/mol. The highest BCUT2D eigenvalue weighted by molar-refractivity contribution is 7.89. The molecule has 0 spiro atoms. The van der Waals surface area contributed by atoms with Gasteiger partial charge in [0, 0.05) is 19.3 Å². The van der Waals surface area contributed by atoms with Crippen molar-refractivity contribution in [3.8, 4) is 0 Å². The van der Waals surface area contributed by atoms with Gasteiger partial charge in [-0.3, -0.25) is 4.68 Å². The first-order valence-corrected chi connectivity index (χ1v) is 9.76. The Morgan fingerprint density at radius 2 is 1.79 bits per heavy atom. The fourth-order valence-corrected chi connectivity index (χ4v) is 3.88. The molecule has 0 aliphatic rings. The fraction of sp³-hybridized carbons (Fsp3) is 0.500. The number of hydrogen-bond donors (Lipinski definition) is 1. The Morgan fingerprint density at radius 3 is 2.29 bits per heavy atom. The van der Waals surface area contributed by atoms with Crippen molar-refractivity contribution in [3.63, 3.8) is 0 Å². The quantitative estimate of drug-likeness (QED) is 0.836. The Bertz CT molecular complexity index is 790. The van der Waals surface area contributed by atoms with Gasteiger partial charge in [-0.15, -0.1) is 0 Å². The third-order valence-electron chi connectivity index (χ3n) is 4.20. The summed E-state index contributed by atoms with van der Waals surface area (Å²) in [5.74, 6) is 0.552. The van der Waals surface area contributed by atoms with Crippen molar-refractivity contribution >= 4 is 10.0 Å². The van der Waals surface area contributed by atoms with E-state index in [1.807, 2.05) is 37.7 Å². The van der Waals surface area contributed by atoms with Gasteiger partial charge >= 0.3 is 0 Å². The molecule has 132 valence electrons. The second-order valence-electron chi connectivity index (χ2n) is 6.66. The summed E-state index contributed by atoms with van der Waals surface area (Å²) in [7, 11) is -1.57. The monoisotopic (exact) mass is 349 g/mol. The molecule has 24 heavy (non-hydrogen) atoms. The van der Waals surface area contributed by atoms with Gasteiger partial charge in [-0.2, -0.15) is 5.10 Å². The van der Waals surface area contributed by atoms with Gasteiger partial charge in [-0.1, -0.05) is 26.0 Å². The third kappa shape index (κ3) is 4.45. The molecule has 6 heteroatoms. The summed E-state index contributed by atoms with van der Waals surface area (Å²) in [5.41, 5.74) is 4.29. The van der Waals surface area contributed by atoms with Gasteiger partial charge in [0.05, 0.1) is 10.6 Å². The minimum Gasteiger partial charge on any atom is -0.272 e. The first-order chi connectivity index (χ1) is 11.2. The van der Waals surface area contributed by atoms with Crippen LogP contribution in [0.5, 0.6) is 0 Å². The molecule has 1 aromatic carbocycles. The molecule has 0 unspecified atom stereocenters. The van der Waals surface area contributed by atoms with Gasteiger partial charge in [0.25, 0.3) is 0 Å². The summed E-state index contributed by atoms with van der Waals surface area (Å²) < 4.78 is 29.3. The summed E-state index contributed by atoms with van der Waals surface area (Å²) in [6, 6.07) is 7.15. The number of aryl methyl sites for hydroxylation is 2. The highest BCUT2D eigenvalue weighted by atomic mass is 32.2. The molecule has 0 saturated heterocycles. The molecule has 2 aromatic rings. The molecular formula is C18H27N3O2S. The lowest BCUT2D eigenvalue weighted by atomic mass is 10.0. The molecule has 0 atom stereocenters. The van der Waals surface area contributed by atoms with Gasteiger partial charge in [0.1, 0.15) is 0 Å². The van der Waals surface area contributed by atoms with Gasteiger partial charge in [-0.25, -0.2) is 13.1 Å². The smallest absolute Gasteiger partial charge is 0.240 e. The maximum absolute atomic E-state index is 12.4. The summed E-state index contributed by atoms with van der Waals surface area (Å²) in [6.45, 7) is 8.61. The van der Waals surface area contributed by atoms with E-state index in [9.17, 15) is 8.42 Å². The van der Waals surface area contributed by atoms with Crippen LogP contribution in [0.25, 0.3) is 0 Å². The molecule has 0 saturated carbocycles. The zero-order chi connectivity index (χ0) is 17.9. The second kappa shape index (κ2) is 7.49. The van der Waals surface area contributed by atoms with Crippen LogP contribution in [-0.2, 0) is 29.9 Å². The summed E-state index contributed by atoms with van der Waals surface area (Å²) in [6.07, 6.45) is 1.59. The number of hydrogen-bond acceptors (Lipinski definition) is 3. The van der Waals surface area contributed by atoms with Crippen LogP contribution in [0, 0.1) is 19.8 Å². The first kappa shape index (κ1) is 18.7. The zero-order valence-electron chi connectivity index (χ0n) is 15.1. The molecule has 2 rings (SSSR count). The summed E-state index contributed by atoms with van der Waals surface area (Å²) in [4.78, 5) is 0.314. The zero-order valence-corrected chi connectivity index (χ0v) is 15.9. The van der Waals surface area contributed by atoms with Gasteiger partial charge < -0.3 is 0 Å². The average molecular weight is 350 g/mol. The molecule has 0 fully saturated rings. The van der Waals surface area contributed by atoms with Crippen LogP contribution in [0.15, 0.2) is 29.2 Å². The van der Waals surface area contributed by atoms with Gasteiger partial charge in [-0.05, 0) is 55.9 Å². The largest absolute Gasteiger partial charge is 0.272 e. The van der Waals surface area contributed by atoms with Crippen molar-refractivity contribution in [3.05, 3.63) is 46.8 Å². The summed E-state index contributed by atoms with van der Waals surface area (Å²) >= 11 is 0. The predicted octanol–water partition coefficient (Wildman–Crippen LogP) is 2.76. The van der Waals surface area contributed by atoms with Crippen molar-refractivity contribution in [1.29, 1.82) is 0 Å². The van der Waals surface area contributed by atoms with E-state index in [1.165, 1.54) is 0 Å². The van der Waals surface area contributed by atoms with Crippen LogP contribution in [0.2, 0.25) is 0 Å². The minimum absolute atomic E-state index is 0.314. The molecule has 0 aliphatic heterocycles. The van der Waals surface area contributed by atoms with Crippen molar-refractivity contribution in [2.75, 3.05) is 6.54 Å². The van der Waals surface area contributed by atoms with Crippen molar-refractivity contribution < 1.29 is 8.42 Å². The normalized spacial score (nSPS) is 12.1. The van der Waals surface area contributed by atoms with Crippen LogP contribution in [-0.4, -0.2) is 24.7 Å². The maximum atomic E-state index is 12.4. The molecule has 1 N–H and O–H groups in total. The molecule has 0 radical (unpaired) electrons. The van der Waals surface area contributed by atoms with Crippen molar-refractivity contribution in [2.45, 2.75) is 45.4 Å². The van der Waals surface area contributed by atoms with E-state index in [2.05, 4.69) is 23.7 Å². The Labute approximate surface area is 145 Å². The van der Waals surface area contributed by atoms with Gasteiger partial charge in [0.2, 0.25) is 10.0 Å². The van der Waals surface area contributed by atoms with Crippen LogP contribution >= 0.6 is 0 Å². The van der Waals surface area contributed by atoms with Crippen LogP contribution in [0.1, 0.15) is 36.4 Å². The number of aromatic nitrogens is 2. The lowest BCUT2D eigenvalue weighted by molar-refractivity contribution is 0.581. The molecule has 0 amide bonds. The van der Waals surface area contributed by atoms with E-state index in [1.54, 1.807) is 12.1 Å². The van der Waals surface area contributed by atoms with E-state index in [4.69, 9.17) is 0 Å². The van der Waals surface area contributed by atoms with E-state index in [-0.39, 0.29) is 0 Å². The molecular weight excluding hydrogens is 322 g/mol. The first-order valence-electron chi connectivity index (χ1n) is 8.28. The number of nitrogens with one attached hydrogen (secondary N) is 1. The van der Waals surface area contributed by atoms with E-state index in [0.717, 1.165) is 28.9 Å². The third-order valence-corrected chi connectivity index (χ3v) is 5.68. The molecule has 5 nitrogen and oxygen atoms in total. The fourth-order valence-electron chi connectivity index (χ4n) is 2.85. The molecule has 0 bridgehead atoms. The number of rotatable bonds is 7. The Hall–Kier alpha value is -1.66. The Kier molecular flexibility index (Phi) is 5.83. The summed E-state index contributed by atoms with van der Waals surface area (Å²) in [5, 5.41) is 4.36. The SMILES string of the molecule is Cc1nn(C)c(C)c1CCNS(=O)(=O)c1ccc(CC(C)C)cc1. The van der Waals surface area contributed by atoms with Crippen molar-refractivity contribution in [2.24, 2.45) is 13.0 Å². The minimum atomic E-state index is -3.47. The lowest BCUT2D eigenvalue weighted by Gasteiger charge is -2.09. The molecule has 0 aliphatic carbocycles. The van der Waals surface area contributed by atoms with E-state index >= 15 is 0 Å². The van der Waals surface area contributed by atoms with Crippen LogP contribution in [0.3, 0.4) is 0 Å². The Morgan fingerprint density at radius 1 is 1.17 bits per heavy atom. The topological polar surface area (TPSA) is 64.0 Å². The second-order valence-corrected chi connectivity index (χ2v) is 8.43.